The fraction of sp³-hybridized carbons (Fsp3) is 0.235. The van der Waals surface area contributed by atoms with E-state index in [2.05, 4.69) is 29.8 Å². The first-order chi connectivity index (χ1) is 10.6. The van der Waals surface area contributed by atoms with Crippen molar-refractivity contribution in [2.24, 2.45) is 0 Å². The van der Waals surface area contributed by atoms with E-state index >= 15 is 0 Å². The van der Waals surface area contributed by atoms with Crippen molar-refractivity contribution in [2.45, 2.75) is 20.3 Å². The minimum Gasteiger partial charge on any atom is -0.369 e. The van der Waals surface area contributed by atoms with Crippen LogP contribution in [0.25, 0.3) is 16.3 Å². The number of fused-ring (bicyclic) bond motifs is 1. The molecular formula is C17H16ClN3S. The summed E-state index contributed by atoms with van der Waals surface area (Å²) in [6.07, 6.45) is 1.02. The molecule has 0 aliphatic carbocycles. The van der Waals surface area contributed by atoms with Crippen molar-refractivity contribution in [2.75, 3.05) is 11.9 Å². The summed E-state index contributed by atoms with van der Waals surface area (Å²) in [6, 6.07) is 8.29. The van der Waals surface area contributed by atoms with Crippen LogP contribution in [-0.4, -0.2) is 16.3 Å². The van der Waals surface area contributed by atoms with Crippen LogP contribution in [0.1, 0.15) is 16.7 Å². The highest BCUT2D eigenvalue weighted by Gasteiger charge is 2.24. The number of nitrogens with zero attached hydrogens (tertiary/aromatic N) is 2. The third-order valence-corrected chi connectivity index (χ3v) is 5.48. The zero-order chi connectivity index (χ0) is 15.3. The number of nitrogens with one attached hydrogen (secondary N) is 1. The third-order valence-electron chi connectivity index (χ3n) is 4.01. The van der Waals surface area contributed by atoms with Crippen LogP contribution < -0.4 is 5.32 Å². The minimum atomic E-state index is 0.772. The molecular weight excluding hydrogens is 314 g/mol. The molecule has 3 aromatic rings. The number of aryl methyl sites for hydroxylation is 2. The van der Waals surface area contributed by atoms with Crippen LogP contribution in [0.3, 0.4) is 0 Å². The number of benzene rings is 1. The maximum absolute atomic E-state index is 6.28. The standard InChI is InChI=1S/C17H16ClN3S/c1-10-7-15(22-9-10)16-13-5-6-19-17(13)21(20-16)12-4-3-11(2)14(18)8-12/h3-4,7-9,19H,5-6H2,1-2H3. The van der Waals surface area contributed by atoms with Gasteiger partial charge in [-0.3, -0.25) is 0 Å². The molecule has 1 aliphatic rings. The molecule has 112 valence electrons. The van der Waals surface area contributed by atoms with E-state index in [1.54, 1.807) is 11.3 Å². The van der Waals surface area contributed by atoms with Gasteiger partial charge in [-0.1, -0.05) is 17.7 Å². The zero-order valence-electron chi connectivity index (χ0n) is 12.5. The molecule has 0 fully saturated rings. The molecule has 0 saturated carbocycles. The van der Waals surface area contributed by atoms with Gasteiger partial charge in [-0.2, -0.15) is 5.10 Å². The monoisotopic (exact) mass is 329 g/mol. The fourth-order valence-corrected chi connectivity index (χ4v) is 3.91. The molecule has 1 N–H and O–H groups in total. The predicted molar refractivity (Wildman–Crippen MR) is 93.6 cm³/mol. The molecule has 0 radical (unpaired) electrons. The first-order valence-electron chi connectivity index (χ1n) is 7.31. The summed E-state index contributed by atoms with van der Waals surface area (Å²) in [5, 5.41) is 11.3. The summed E-state index contributed by atoms with van der Waals surface area (Å²) >= 11 is 8.04. The second-order valence-electron chi connectivity index (χ2n) is 5.69. The second kappa shape index (κ2) is 5.14. The molecule has 0 atom stereocenters. The molecule has 22 heavy (non-hydrogen) atoms. The number of anilines is 1. The van der Waals surface area contributed by atoms with Gasteiger partial charge in [0, 0.05) is 17.1 Å². The van der Waals surface area contributed by atoms with E-state index in [0.717, 1.165) is 40.8 Å². The van der Waals surface area contributed by atoms with Crippen molar-refractivity contribution >= 4 is 28.8 Å². The molecule has 0 amide bonds. The van der Waals surface area contributed by atoms with Crippen LogP contribution in [0.4, 0.5) is 5.82 Å². The summed E-state index contributed by atoms with van der Waals surface area (Å²) in [6.45, 7) is 5.09. The van der Waals surface area contributed by atoms with Gasteiger partial charge < -0.3 is 5.32 Å². The third kappa shape index (κ3) is 2.14. The van der Waals surface area contributed by atoms with Gasteiger partial charge >= 0.3 is 0 Å². The van der Waals surface area contributed by atoms with Crippen molar-refractivity contribution in [3.63, 3.8) is 0 Å². The normalized spacial score (nSPS) is 13.2. The Bertz CT molecular complexity index is 863. The molecule has 0 bridgehead atoms. The maximum Gasteiger partial charge on any atom is 0.133 e. The van der Waals surface area contributed by atoms with E-state index in [1.807, 2.05) is 23.7 Å². The number of hydrogen-bond donors (Lipinski definition) is 1. The summed E-state index contributed by atoms with van der Waals surface area (Å²) in [4.78, 5) is 1.23. The van der Waals surface area contributed by atoms with Crippen LogP contribution in [0.2, 0.25) is 5.02 Å². The van der Waals surface area contributed by atoms with Crippen molar-refractivity contribution in [3.05, 3.63) is 51.4 Å². The molecule has 4 rings (SSSR count). The average Bonchev–Trinajstić information content (AvgIpc) is 3.17. The predicted octanol–water partition coefficient (Wildman–Crippen LogP) is 4.84. The summed E-state index contributed by atoms with van der Waals surface area (Å²) in [5.41, 5.74) is 5.76. The topological polar surface area (TPSA) is 29.9 Å². The first-order valence-corrected chi connectivity index (χ1v) is 8.57. The molecule has 1 aliphatic heterocycles. The van der Waals surface area contributed by atoms with Gasteiger partial charge in [0.1, 0.15) is 11.5 Å². The zero-order valence-corrected chi connectivity index (χ0v) is 14.1. The van der Waals surface area contributed by atoms with Crippen molar-refractivity contribution in [1.29, 1.82) is 0 Å². The van der Waals surface area contributed by atoms with E-state index in [1.165, 1.54) is 16.0 Å². The van der Waals surface area contributed by atoms with Crippen LogP contribution in [-0.2, 0) is 6.42 Å². The number of rotatable bonds is 2. The number of thiophene rings is 1. The molecule has 3 heterocycles. The maximum atomic E-state index is 6.28. The van der Waals surface area contributed by atoms with E-state index < -0.39 is 0 Å². The van der Waals surface area contributed by atoms with Gasteiger partial charge in [0.2, 0.25) is 0 Å². The van der Waals surface area contributed by atoms with Crippen LogP contribution in [0.5, 0.6) is 0 Å². The Labute approximate surface area is 138 Å². The van der Waals surface area contributed by atoms with Gasteiger partial charge in [0.05, 0.1) is 10.6 Å². The highest BCUT2D eigenvalue weighted by molar-refractivity contribution is 7.13. The highest BCUT2D eigenvalue weighted by Crippen LogP contribution is 2.37. The summed E-state index contributed by atoms with van der Waals surface area (Å²) < 4.78 is 1.98. The molecule has 0 unspecified atom stereocenters. The van der Waals surface area contributed by atoms with E-state index in [9.17, 15) is 0 Å². The molecule has 0 spiro atoms. The molecule has 5 heteroatoms. The number of aromatic nitrogens is 2. The van der Waals surface area contributed by atoms with Gasteiger partial charge in [0.25, 0.3) is 0 Å². The molecule has 3 nitrogen and oxygen atoms in total. The Morgan fingerprint density at radius 3 is 2.86 bits per heavy atom. The van der Waals surface area contributed by atoms with Gasteiger partial charge in [-0.15, -0.1) is 11.3 Å². The van der Waals surface area contributed by atoms with Gasteiger partial charge in [-0.05, 0) is 55.0 Å². The lowest BCUT2D eigenvalue weighted by molar-refractivity contribution is 0.883. The SMILES string of the molecule is Cc1csc(-c2nn(-c3ccc(C)c(Cl)c3)c3c2CCN3)c1. The Hall–Kier alpha value is -1.78. The van der Waals surface area contributed by atoms with Crippen LogP contribution in [0, 0.1) is 13.8 Å². The van der Waals surface area contributed by atoms with Crippen molar-refractivity contribution < 1.29 is 0 Å². The van der Waals surface area contributed by atoms with Gasteiger partial charge in [-0.25, -0.2) is 4.68 Å². The van der Waals surface area contributed by atoms with Crippen LogP contribution >= 0.6 is 22.9 Å². The van der Waals surface area contributed by atoms with E-state index in [4.69, 9.17) is 16.7 Å². The Morgan fingerprint density at radius 1 is 1.27 bits per heavy atom. The first kappa shape index (κ1) is 13.9. The van der Waals surface area contributed by atoms with E-state index in [0.29, 0.717) is 0 Å². The molecule has 1 aromatic carbocycles. The van der Waals surface area contributed by atoms with E-state index in [-0.39, 0.29) is 0 Å². The summed E-state index contributed by atoms with van der Waals surface area (Å²) in [7, 11) is 0. The van der Waals surface area contributed by atoms with Gasteiger partial charge in [0.15, 0.2) is 0 Å². The van der Waals surface area contributed by atoms with Crippen molar-refractivity contribution in [1.82, 2.24) is 9.78 Å². The lowest BCUT2D eigenvalue weighted by Crippen LogP contribution is -2.04. The Morgan fingerprint density at radius 2 is 2.14 bits per heavy atom. The lowest BCUT2D eigenvalue weighted by atomic mass is 10.1. The molecule has 0 saturated heterocycles. The second-order valence-corrected chi connectivity index (χ2v) is 7.00. The highest BCUT2D eigenvalue weighted by atomic mass is 35.5. The molecule has 2 aromatic heterocycles. The Balaban J connectivity index is 1.89. The summed E-state index contributed by atoms with van der Waals surface area (Å²) in [5.74, 6) is 1.10. The number of hydrogen-bond acceptors (Lipinski definition) is 3. The lowest BCUT2D eigenvalue weighted by Gasteiger charge is -2.08. The largest absolute Gasteiger partial charge is 0.369 e. The minimum absolute atomic E-state index is 0.772. The quantitative estimate of drug-likeness (QED) is 0.729. The van der Waals surface area contributed by atoms with Crippen molar-refractivity contribution in [3.8, 4) is 16.3 Å². The fourth-order valence-electron chi connectivity index (χ4n) is 2.83. The smallest absolute Gasteiger partial charge is 0.133 e. The number of halogens is 1. The Kier molecular flexibility index (Phi) is 3.24. The van der Waals surface area contributed by atoms with Crippen LogP contribution in [0.15, 0.2) is 29.6 Å². The average molecular weight is 330 g/mol.